The summed E-state index contributed by atoms with van der Waals surface area (Å²) in [5.74, 6) is -2.17. The van der Waals surface area contributed by atoms with Crippen molar-refractivity contribution in [2.45, 2.75) is 102 Å². The molecule has 0 aromatic heterocycles. The third kappa shape index (κ3) is 8.52. The highest BCUT2D eigenvalue weighted by molar-refractivity contribution is 6.35. The van der Waals surface area contributed by atoms with Crippen molar-refractivity contribution >= 4 is 41.2 Å². The van der Waals surface area contributed by atoms with Crippen LogP contribution in [-0.2, 0) is 38.1 Å². The summed E-state index contributed by atoms with van der Waals surface area (Å²) >= 11 is 6.67. The Kier molecular flexibility index (Phi) is 12.5. The number of esters is 1. The maximum absolute atomic E-state index is 13.8. The number of carbonyl (C=O) groups excluding carboxylic acids is 4. The number of aliphatic hydroxyl groups is 1. The van der Waals surface area contributed by atoms with Crippen LogP contribution in [0, 0.1) is 11.8 Å². The average molecular weight is 736 g/mol. The van der Waals surface area contributed by atoms with Gasteiger partial charge in [0.25, 0.3) is 0 Å². The Morgan fingerprint density at radius 3 is 2.43 bits per heavy atom. The van der Waals surface area contributed by atoms with Gasteiger partial charge in [0.2, 0.25) is 11.8 Å². The first-order valence-electron chi connectivity index (χ1n) is 16.8. The molecule has 1 aromatic rings. The molecule has 282 valence electrons. The molecule has 3 heterocycles. The van der Waals surface area contributed by atoms with Crippen LogP contribution in [0.2, 0.25) is 5.02 Å². The number of fused-ring (bicyclic) bond motifs is 5. The topological polar surface area (TPSA) is 174 Å². The van der Waals surface area contributed by atoms with Crippen LogP contribution in [0.15, 0.2) is 35.9 Å². The summed E-state index contributed by atoms with van der Waals surface area (Å²) in [6.07, 6.45) is -0.500. The van der Waals surface area contributed by atoms with Gasteiger partial charge in [-0.1, -0.05) is 50.6 Å². The van der Waals surface area contributed by atoms with Crippen LogP contribution in [-0.4, -0.2) is 104 Å². The predicted octanol–water partition coefficient (Wildman–Crippen LogP) is 4.29. The summed E-state index contributed by atoms with van der Waals surface area (Å²) in [4.78, 5) is 54.2. The Hall–Kier alpha value is -3.69. The molecule has 0 aliphatic carbocycles. The summed E-state index contributed by atoms with van der Waals surface area (Å²) in [6.45, 7) is 10.3. The monoisotopic (exact) mass is 735 g/mol. The number of nitrogens with one attached hydrogen (secondary N) is 2. The van der Waals surface area contributed by atoms with Crippen molar-refractivity contribution in [3.05, 3.63) is 46.5 Å². The number of hydrogen-bond donors (Lipinski definition) is 3. The Balaban J connectivity index is 1.80. The number of halogens is 1. The molecule has 3 aliphatic heterocycles. The van der Waals surface area contributed by atoms with Crippen molar-refractivity contribution in [1.82, 2.24) is 10.2 Å². The largest absolute Gasteiger partial charge is 0.495 e. The number of alkyl carbamates (subject to hydrolysis) is 1. The highest BCUT2D eigenvalue weighted by Crippen LogP contribution is 2.49. The number of benzene rings is 1. The van der Waals surface area contributed by atoms with E-state index in [9.17, 15) is 24.3 Å². The minimum Gasteiger partial charge on any atom is -0.495 e. The summed E-state index contributed by atoms with van der Waals surface area (Å²) in [5, 5.41) is 17.2. The standard InChI is InChI=1S/C36H50ClN3O11/c1-18(2)32(42)40(7)21(5)33(43)50-27-16-28(41)38-23-14-22(15-24(46-8)29(23)37)30(48-10)19(3)12-11-13-26(47-9)36(45)17-25(49-34(44)39-36)20(4)31-35(27,6)51-31/h11-15,18,20-21,25-27,30-31,45H,16-17H2,1-10H3,(H,38,41)(H,39,44)/b13-11+,19-12+/t20-,21+,25+,26-,27+,30?,31+,35+,36+/m1/s1. The van der Waals surface area contributed by atoms with Crippen LogP contribution in [0.25, 0.3) is 0 Å². The van der Waals surface area contributed by atoms with Crippen LogP contribution in [0.3, 0.4) is 0 Å². The number of nitrogens with zero attached hydrogens (tertiary/aromatic N) is 1. The smallest absolute Gasteiger partial charge is 0.409 e. The maximum atomic E-state index is 13.8. The first-order chi connectivity index (χ1) is 23.9. The predicted molar refractivity (Wildman–Crippen MR) is 187 cm³/mol. The van der Waals surface area contributed by atoms with E-state index in [1.165, 1.54) is 33.3 Å². The molecule has 1 unspecified atom stereocenters. The number of methoxy groups -OCH3 is 3. The van der Waals surface area contributed by atoms with E-state index in [0.717, 1.165) is 5.57 Å². The minimum atomic E-state index is -1.86. The molecule has 3 N–H and O–H groups in total. The number of ether oxygens (including phenoxy) is 6. The molecule has 1 aromatic carbocycles. The van der Waals surface area contributed by atoms with Crippen LogP contribution in [0.4, 0.5) is 10.5 Å². The van der Waals surface area contributed by atoms with E-state index in [1.807, 2.05) is 6.92 Å². The molecule has 0 spiro atoms. The molecule has 0 saturated carbocycles. The number of carbonyl (C=O) groups is 4. The molecule has 2 fully saturated rings. The Morgan fingerprint density at radius 1 is 1.14 bits per heavy atom. The minimum absolute atomic E-state index is 0.0731. The molecule has 51 heavy (non-hydrogen) atoms. The molecule has 3 aliphatic rings. The number of epoxide rings is 1. The lowest BCUT2D eigenvalue weighted by Gasteiger charge is -2.42. The molecular weight excluding hydrogens is 686 g/mol. The number of amides is 3. The van der Waals surface area contributed by atoms with E-state index in [0.29, 0.717) is 5.56 Å². The normalized spacial score (nSPS) is 33.3. The highest BCUT2D eigenvalue weighted by Gasteiger charge is 2.64. The second kappa shape index (κ2) is 15.9. The quantitative estimate of drug-likeness (QED) is 0.269. The molecule has 4 rings (SSSR count). The lowest BCUT2D eigenvalue weighted by molar-refractivity contribution is -0.162. The zero-order valence-electron chi connectivity index (χ0n) is 30.8. The fourth-order valence-corrected chi connectivity index (χ4v) is 6.93. The van der Waals surface area contributed by atoms with Gasteiger partial charge in [0.1, 0.15) is 46.8 Å². The second-order valence-electron chi connectivity index (χ2n) is 13.9. The van der Waals surface area contributed by atoms with Gasteiger partial charge in [-0.2, -0.15) is 0 Å². The molecule has 14 nitrogen and oxygen atoms in total. The summed E-state index contributed by atoms with van der Waals surface area (Å²) in [7, 11) is 5.90. The van der Waals surface area contributed by atoms with Gasteiger partial charge in [-0.25, -0.2) is 9.59 Å². The van der Waals surface area contributed by atoms with Crippen molar-refractivity contribution in [2.24, 2.45) is 11.8 Å². The number of allylic oxidation sites excluding steroid dienone is 2. The lowest BCUT2D eigenvalue weighted by atomic mass is 9.83. The van der Waals surface area contributed by atoms with Crippen LogP contribution < -0.4 is 15.4 Å². The summed E-state index contributed by atoms with van der Waals surface area (Å²) < 4.78 is 34.8. The zero-order chi connectivity index (χ0) is 38.0. The number of hydrogen-bond acceptors (Lipinski definition) is 11. The van der Waals surface area contributed by atoms with Crippen LogP contribution in [0.5, 0.6) is 5.75 Å². The number of likely N-dealkylation sites (N-methyl/N-ethyl adjacent to an activating group) is 1. The molecule has 2 saturated heterocycles. The van der Waals surface area contributed by atoms with E-state index < -0.39 is 71.8 Å². The van der Waals surface area contributed by atoms with E-state index >= 15 is 0 Å². The fraction of sp³-hybridized carbons (Fsp3) is 0.611. The van der Waals surface area contributed by atoms with Gasteiger partial charge >= 0.3 is 12.1 Å². The number of anilines is 1. The maximum Gasteiger partial charge on any atom is 0.409 e. The Morgan fingerprint density at radius 2 is 1.82 bits per heavy atom. The average Bonchev–Trinajstić information content (AvgIpc) is 3.77. The van der Waals surface area contributed by atoms with Crippen molar-refractivity contribution in [1.29, 1.82) is 0 Å². The third-order valence-corrected chi connectivity index (χ3v) is 10.3. The molecule has 15 heteroatoms. The molecule has 9 atom stereocenters. The van der Waals surface area contributed by atoms with E-state index in [1.54, 1.807) is 65.0 Å². The van der Waals surface area contributed by atoms with E-state index in [2.05, 4.69) is 10.6 Å². The van der Waals surface area contributed by atoms with Crippen molar-refractivity contribution in [2.75, 3.05) is 33.7 Å². The highest BCUT2D eigenvalue weighted by atomic mass is 35.5. The van der Waals surface area contributed by atoms with E-state index in [4.69, 9.17) is 40.0 Å². The van der Waals surface area contributed by atoms with Crippen molar-refractivity contribution in [3.8, 4) is 5.75 Å². The third-order valence-electron chi connectivity index (χ3n) is 9.95. The van der Waals surface area contributed by atoms with Gasteiger partial charge in [0.05, 0.1) is 25.3 Å². The zero-order valence-corrected chi connectivity index (χ0v) is 31.5. The van der Waals surface area contributed by atoms with Gasteiger partial charge in [-0.3, -0.25) is 14.9 Å². The first kappa shape index (κ1) is 40.1. The van der Waals surface area contributed by atoms with Gasteiger partial charge in [0.15, 0.2) is 5.72 Å². The molecule has 4 bridgehead atoms. The first-order valence-corrected chi connectivity index (χ1v) is 17.2. The Labute approximate surface area is 303 Å². The van der Waals surface area contributed by atoms with Crippen LogP contribution in [0.1, 0.15) is 66.1 Å². The van der Waals surface area contributed by atoms with Crippen molar-refractivity contribution in [3.63, 3.8) is 0 Å². The Bertz CT molecular complexity index is 1570. The fourth-order valence-electron chi connectivity index (χ4n) is 6.70. The molecule has 3 amide bonds. The van der Waals surface area contributed by atoms with Crippen LogP contribution >= 0.6 is 11.6 Å². The van der Waals surface area contributed by atoms with Gasteiger partial charge in [-0.15, -0.1) is 0 Å². The second-order valence-corrected chi connectivity index (χ2v) is 14.3. The van der Waals surface area contributed by atoms with E-state index in [-0.39, 0.29) is 41.1 Å². The number of rotatable bonds is 7. The molecular formula is C36H50ClN3O11. The molecule has 0 radical (unpaired) electrons. The lowest BCUT2D eigenvalue weighted by Crippen LogP contribution is -2.63. The summed E-state index contributed by atoms with van der Waals surface area (Å²) in [5.41, 5.74) is -1.50. The summed E-state index contributed by atoms with van der Waals surface area (Å²) in [6, 6.07) is 2.38. The SMILES string of the molecule is COc1cc2cc(c1Cl)NC(=O)C[C@H](OC(=O)[C@H](C)N(C)C(=O)C(C)C)[C@]1(C)O[C@H]1[C@H](C)[C@@H]1C[C@@](O)(NC(=O)O1)[C@H](OC)/C=C/C=C(\C)C2OC. The van der Waals surface area contributed by atoms with Gasteiger partial charge < -0.3 is 43.7 Å². The van der Waals surface area contributed by atoms with Crippen molar-refractivity contribution < 1.29 is 52.7 Å². The van der Waals surface area contributed by atoms with Gasteiger partial charge in [-0.05, 0) is 44.0 Å². The van der Waals surface area contributed by atoms with Gasteiger partial charge in [0, 0.05) is 39.5 Å².